The van der Waals surface area contributed by atoms with Gasteiger partial charge in [0.1, 0.15) is 0 Å². The van der Waals surface area contributed by atoms with Crippen molar-refractivity contribution in [2.24, 2.45) is 5.92 Å². The molecule has 2 aromatic carbocycles. The fourth-order valence-electron chi connectivity index (χ4n) is 3.12. The van der Waals surface area contributed by atoms with Crippen molar-refractivity contribution >= 4 is 33.4 Å². The number of hydrogen-bond donors (Lipinski definition) is 1. The van der Waals surface area contributed by atoms with E-state index in [1.165, 1.54) is 0 Å². The third kappa shape index (κ3) is 4.28. The van der Waals surface area contributed by atoms with Crippen LogP contribution in [-0.2, 0) is 22.6 Å². The number of aryl methyl sites for hydroxylation is 1. The molecule has 0 aliphatic carbocycles. The van der Waals surface area contributed by atoms with Crippen LogP contribution in [0.4, 0.5) is 5.69 Å². The van der Waals surface area contributed by atoms with Gasteiger partial charge in [-0.25, -0.2) is 0 Å². The largest absolute Gasteiger partial charge is 0.338 e. The summed E-state index contributed by atoms with van der Waals surface area (Å²) in [5.74, 6) is -0.346. The van der Waals surface area contributed by atoms with Gasteiger partial charge in [-0.1, -0.05) is 53.2 Å². The van der Waals surface area contributed by atoms with Gasteiger partial charge in [0.05, 0.1) is 5.92 Å². The zero-order valence-electron chi connectivity index (χ0n) is 14.2. The van der Waals surface area contributed by atoms with Crippen LogP contribution in [-0.4, -0.2) is 23.3 Å². The topological polar surface area (TPSA) is 49.4 Å². The normalized spacial score (nSPS) is 17.0. The van der Waals surface area contributed by atoms with Gasteiger partial charge in [0.25, 0.3) is 0 Å². The fourth-order valence-corrected chi connectivity index (χ4v) is 3.52. The van der Waals surface area contributed by atoms with Crippen molar-refractivity contribution in [1.82, 2.24) is 4.90 Å². The van der Waals surface area contributed by atoms with Crippen molar-refractivity contribution in [3.05, 3.63) is 64.1 Å². The molecule has 1 aliphatic rings. The highest BCUT2D eigenvalue weighted by Crippen LogP contribution is 2.25. The minimum atomic E-state index is -0.301. The Morgan fingerprint density at radius 3 is 2.72 bits per heavy atom. The van der Waals surface area contributed by atoms with Crippen LogP contribution in [0.2, 0.25) is 0 Å². The van der Waals surface area contributed by atoms with E-state index in [4.69, 9.17) is 0 Å². The Bertz CT molecular complexity index is 777. The Kier molecular flexibility index (Phi) is 5.53. The van der Waals surface area contributed by atoms with E-state index in [9.17, 15) is 9.59 Å². The van der Waals surface area contributed by atoms with Crippen LogP contribution in [0.1, 0.15) is 24.5 Å². The number of hydrogen-bond acceptors (Lipinski definition) is 2. The SMILES string of the molecule is CCc1cc(Br)ccc1NC(=O)[C@H]1CC(=O)N(Cc2ccccc2)C1. The maximum absolute atomic E-state index is 12.6. The Balaban J connectivity index is 1.65. The standard InChI is InChI=1S/C20H21BrN2O2/c1-2-15-10-17(21)8-9-18(15)22-20(25)16-11-19(24)23(13-16)12-14-6-4-3-5-7-14/h3-10,16H,2,11-13H2,1H3,(H,22,25)/t16-/m0/s1. The third-order valence-electron chi connectivity index (χ3n) is 4.51. The van der Waals surface area contributed by atoms with Crippen molar-refractivity contribution in [1.29, 1.82) is 0 Å². The molecule has 0 spiro atoms. The van der Waals surface area contributed by atoms with Gasteiger partial charge in [0.2, 0.25) is 11.8 Å². The number of likely N-dealkylation sites (tertiary alicyclic amines) is 1. The molecule has 0 unspecified atom stereocenters. The molecule has 0 bridgehead atoms. The molecule has 1 atom stereocenters. The molecular formula is C20H21BrN2O2. The molecule has 1 saturated heterocycles. The molecule has 5 heteroatoms. The monoisotopic (exact) mass is 400 g/mol. The van der Waals surface area contributed by atoms with Crippen LogP contribution in [0.15, 0.2) is 53.0 Å². The van der Waals surface area contributed by atoms with E-state index >= 15 is 0 Å². The van der Waals surface area contributed by atoms with Gasteiger partial charge < -0.3 is 10.2 Å². The summed E-state index contributed by atoms with van der Waals surface area (Å²) in [4.78, 5) is 26.6. The van der Waals surface area contributed by atoms with E-state index < -0.39 is 0 Å². The number of rotatable bonds is 5. The molecule has 1 heterocycles. The van der Waals surface area contributed by atoms with E-state index in [0.29, 0.717) is 13.1 Å². The molecule has 1 fully saturated rings. The van der Waals surface area contributed by atoms with Crippen molar-refractivity contribution in [3.63, 3.8) is 0 Å². The number of halogens is 1. The predicted octanol–water partition coefficient (Wildman–Crippen LogP) is 4.00. The van der Waals surface area contributed by atoms with E-state index in [1.807, 2.05) is 48.5 Å². The number of nitrogens with one attached hydrogen (secondary N) is 1. The fraction of sp³-hybridized carbons (Fsp3) is 0.300. The van der Waals surface area contributed by atoms with Crippen molar-refractivity contribution in [3.8, 4) is 0 Å². The Morgan fingerprint density at radius 2 is 2.00 bits per heavy atom. The van der Waals surface area contributed by atoms with Gasteiger partial charge in [-0.3, -0.25) is 9.59 Å². The maximum atomic E-state index is 12.6. The molecule has 2 aromatic rings. The van der Waals surface area contributed by atoms with Crippen molar-refractivity contribution in [2.45, 2.75) is 26.3 Å². The van der Waals surface area contributed by atoms with E-state index in [1.54, 1.807) is 4.90 Å². The Labute approximate surface area is 156 Å². The molecule has 0 aromatic heterocycles. The Morgan fingerprint density at radius 1 is 1.24 bits per heavy atom. The summed E-state index contributed by atoms with van der Waals surface area (Å²) >= 11 is 3.45. The van der Waals surface area contributed by atoms with Gasteiger partial charge in [-0.05, 0) is 35.7 Å². The van der Waals surface area contributed by atoms with E-state index in [-0.39, 0.29) is 24.2 Å². The molecule has 0 saturated carbocycles. The van der Waals surface area contributed by atoms with Crippen LogP contribution in [0.25, 0.3) is 0 Å². The average Bonchev–Trinajstić information content (AvgIpc) is 2.98. The summed E-state index contributed by atoms with van der Waals surface area (Å²) in [6.45, 7) is 3.08. The molecule has 3 rings (SSSR count). The average molecular weight is 401 g/mol. The zero-order chi connectivity index (χ0) is 17.8. The van der Waals surface area contributed by atoms with Crippen LogP contribution in [0.5, 0.6) is 0 Å². The second-order valence-electron chi connectivity index (χ2n) is 6.31. The Hall–Kier alpha value is -2.14. The van der Waals surface area contributed by atoms with Gasteiger partial charge in [-0.2, -0.15) is 0 Å². The molecule has 2 amide bonds. The second-order valence-corrected chi connectivity index (χ2v) is 7.22. The summed E-state index contributed by atoms with van der Waals surface area (Å²) in [5.41, 5.74) is 2.98. The number of carbonyl (C=O) groups is 2. The van der Waals surface area contributed by atoms with Gasteiger partial charge in [-0.15, -0.1) is 0 Å². The number of benzene rings is 2. The van der Waals surface area contributed by atoms with Crippen LogP contribution < -0.4 is 5.32 Å². The predicted molar refractivity (Wildman–Crippen MR) is 102 cm³/mol. The van der Waals surface area contributed by atoms with Gasteiger partial charge in [0, 0.05) is 29.7 Å². The first-order chi connectivity index (χ1) is 12.1. The lowest BCUT2D eigenvalue weighted by molar-refractivity contribution is -0.128. The van der Waals surface area contributed by atoms with Crippen molar-refractivity contribution in [2.75, 3.05) is 11.9 Å². The smallest absolute Gasteiger partial charge is 0.229 e. The minimum absolute atomic E-state index is 0.0375. The summed E-state index contributed by atoms with van der Waals surface area (Å²) < 4.78 is 0.993. The quantitative estimate of drug-likeness (QED) is 0.824. The van der Waals surface area contributed by atoms with E-state index in [2.05, 4.69) is 28.2 Å². The number of nitrogens with zero attached hydrogens (tertiary/aromatic N) is 1. The minimum Gasteiger partial charge on any atom is -0.338 e. The molecule has 4 nitrogen and oxygen atoms in total. The second kappa shape index (κ2) is 7.83. The molecule has 130 valence electrons. The van der Waals surface area contributed by atoms with Crippen LogP contribution in [0, 0.1) is 5.92 Å². The summed E-state index contributed by atoms with van der Waals surface area (Å²) in [7, 11) is 0. The maximum Gasteiger partial charge on any atom is 0.229 e. The van der Waals surface area contributed by atoms with Crippen molar-refractivity contribution < 1.29 is 9.59 Å². The number of carbonyl (C=O) groups excluding carboxylic acids is 2. The lowest BCUT2D eigenvalue weighted by atomic mass is 10.1. The molecular weight excluding hydrogens is 380 g/mol. The summed E-state index contributed by atoms with van der Waals surface area (Å²) in [5, 5.41) is 3.00. The van der Waals surface area contributed by atoms with Gasteiger partial charge >= 0.3 is 0 Å². The number of anilines is 1. The highest BCUT2D eigenvalue weighted by Gasteiger charge is 2.34. The number of amides is 2. The lowest BCUT2D eigenvalue weighted by Gasteiger charge is -2.17. The van der Waals surface area contributed by atoms with Crippen LogP contribution in [0.3, 0.4) is 0 Å². The molecule has 0 radical (unpaired) electrons. The molecule has 25 heavy (non-hydrogen) atoms. The van der Waals surface area contributed by atoms with Gasteiger partial charge in [0.15, 0.2) is 0 Å². The first-order valence-corrected chi connectivity index (χ1v) is 9.27. The first kappa shape index (κ1) is 17.7. The van der Waals surface area contributed by atoms with E-state index in [0.717, 1.165) is 27.7 Å². The lowest BCUT2D eigenvalue weighted by Crippen LogP contribution is -2.28. The molecule has 1 N–H and O–H groups in total. The molecule has 1 aliphatic heterocycles. The highest BCUT2D eigenvalue weighted by molar-refractivity contribution is 9.10. The zero-order valence-corrected chi connectivity index (χ0v) is 15.8. The first-order valence-electron chi connectivity index (χ1n) is 8.47. The van der Waals surface area contributed by atoms with Crippen LogP contribution >= 0.6 is 15.9 Å². The summed E-state index contributed by atoms with van der Waals surface area (Å²) in [6.07, 6.45) is 1.11. The highest BCUT2D eigenvalue weighted by atomic mass is 79.9. The third-order valence-corrected chi connectivity index (χ3v) is 5.00. The summed E-state index contributed by atoms with van der Waals surface area (Å²) in [6, 6.07) is 15.7.